The van der Waals surface area contributed by atoms with Crippen LogP contribution in [0.5, 0.6) is 0 Å². The van der Waals surface area contributed by atoms with E-state index in [0.717, 1.165) is 34.0 Å². The molecule has 1 aromatic heterocycles. The van der Waals surface area contributed by atoms with Gasteiger partial charge in [0, 0.05) is 40.8 Å². The number of amides is 1. The Balaban J connectivity index is 1.29. The largest absolute Gasteiger partial charge is 0.467 e. The number of aliphatic hydroxyl groups excluding tert-OH is 1. The summed E-state index contributed by atoms with van der Waals surface area (Å²) >= 11 is 0. The molecule has 0 saturated heterocycles. The van der Waals surface area contributed by atoms with Crippen molar-refractivity contribution in [2.24, 2.45) is 34.5 Å². The number of hydrogen-bond acceptors (Lipinski definition) is 6. The van der Waals surface area contributed by atoms with E-state index >= 15 is 0 Å². The number of nitrogens with one attached hydrogen (secondary N) is 2. The molecule has 0 radical (unpaired) electrons. The molecule has 2 aromatic rings. The molecule has 1 unspecified atom stereocenters. The fraction of sp³-hybridized carbons (Fsp3) is 0.531. The maximum absolute atomic E-state index is 14.5. The van der Waals surface area contributed by atoms with Crippen LogP contribution in [0.3, 0.4) is 0 Å². The summed E-state index contributed by atoms with van der Waals surface area (Å²) < 4.78 is 5.13. The molecule has 1 heterocycles. The number of fused-ring (bicyclic) bond motifs is 6. The van der Waals surface area contributed by atoms with Crippen molar-refractivity contribution in [3.63, 3.8) is 0 Å². The number of Topliss-reactive ketones (excluding diaryl/α,β-unsaturated/α-hetero) is 1. The van der Waals surface area contributed by atoms with Crippen LogP contribution in [0.25, 0.3) is 10.9 Å². The molecule has 5 aliphatic carbocycles. The molecule has 8 heteroatoms. The van der Waals surface area contributed by atoms with Crippen LogP contribution in [0.4, 0.5) is 0 Å². The van der Waals surface area contributed by atoms with E-state index < -0.39 is 46.4 Å². The molecule has 4 fully saturated rings. The Morgan fingerprint density at radius 1 is 1.30 bits per heavy atom. The summed E-state index contributed by atoms with van der Waals surface area (Å²) in [6.45, 7) is 6.12. The van der Waals surface area contributed by atoms with Crippen LogP contribution in [-0.4, -0.2) is 57.7 Å². The number of aromatic amines is 1. The van der Waals surface area contributed by atoms with E-state index in [1.54, 1.807) is 0 Å². The van der Waals surface area contributed by atoms with Gasteiger partial charge < -0.3 is 25.3 Å². The summed E-state index contributed by atoms with van der Waals surface area (Å²) in [4.78, 5) is 44.1. The van der Waals surface area contributed by atoms with E-state index in [4.69, 9.17) is 4.74 Å². The fourth-order valence-corrected chi connectivity index (χ4v) is 9.58. The van der Waals surface area contributed by atoms with Crippen molar-refractivity contribution < 1.29 is 29.3 Å². The van der Waals surface area contributed by atoms with Crippen molar-refractivity contribution in [2.45, 2.75) is 63.2 Å². The number of carbonyl (C=O) groups is 3. The van der Waals surface area contributed by atoms with E-state index in [-0.39, 0.29) is 29.9 Å². The average molecular weight is 545 g/mol. The number of carbonyl (C=O) groups excluding carboxylic acids is 3. The smallest absolute Gasteiger partial charge is 0.328 e. The Bertz CT molecular complexity index is 1510. The topological polar surface area (TPSA) is 129 Å². The van der Waals surface area contributed by atoms with Crippen molar-refractivity contribution in [3.8, 4) is 0 Å². The van der Waals surface area contributed by atoms with Crippen molar-refractivity contribution >= 4 is 28.6 Å². The van der Waals surface area contributed by atoms with Crippen LogP contribution in [0.15, 0.2) is 54.3 Å². The van der Waals surface area contributed by atoms with Crippen LogP contribution in [-0.2, 0) is 25.5 Å². The van der Waals surface area contributed by atoms with Crippen LogP contribution < -0.4 is 5.32 Å². The third-order valence-electron chi connectivity index (χ3n) is 11.5. The minimum Gasteiger partial charge on any atom is -0.467 e. The number of benzene rings is 1. The number of methoxy groups -OCH3 is 1. The molecule has 9 atom stereocenters. The number of para-hydroxylation sites is 1. The molecule has 40 heavy (non-hydrogen) atoms. The summed E-state index contributed by atoms with van der Waals surface area (Å²) in [6, 6.07) is 6.86. The molecule has 0 aliphatic heterocycles. The molecule has 210 valence electrons. The quantitative estimate of drug-likeness (QED) is 0.338. The lowest BCUT2D eigenvalue weighted by molar-refractivity contribution is -0.178. The SMILES string of the molecule is C=C1C[C@]23C[C@@]1(O)CC[C@H]2C1=CC[C@@H]2C(O)C(=O)[C@@]2(C)[C@H]1[C@@H]3C(=O)N[C@@H](Cc1c[nH]c2ccccc12)C(=O)OC. The van der Waals surface area contributed by atoms with Gasteiger partial charge in [-0.25, -0.2) is 4.79 Å². The standard InChI is InChI=1S/C32H36N2O6/c1-16-13-31-15-32(16,39)11-10-20(31)19-8-9-21-26(35)27(36)30(21,2)24(19)25(31)28(37)34-23(29(38)40-3)12-17-14-33-22-7-5-4-6-18(17)22/h4-8,14,20-21,23-26,33,35,39H,1,9-13,15H2,2-3H3,(H,34,37)/t20-,21+,23-,24+,25+,26?,30+,31-,32-/m0/s1. The van der Waals surface area contributed by atoms with Gasteiger partial charge in [0.2, 0.25) is 5.91 Å². The van der Waals surface area contributed by atoms with Gasteiger partial charge in [0.25, 0.3) is 0 Å². The Kier molecular flexibility index (Phi) is 5.40. The lowest BCUT2D eigenvalue weighted by atomic mass is 9.46. The number of aliphatic hydroxyl groups is 2. The van der Waals surface area contributed by atoms with Crippen molar-refractivity contribution in [1.29, 1.82) is 0 Å². The minimum atomic E-state index is -1.03. The molecule has 4 saturated carbocycles. The summed E-state index contributed by atoms with van der Waals surface area (Å²) in [5.41, 5.74) is 1.20. The first-order valence-corrected chi connectivity index (χ1v) is 14.3. The Hall–Kier alpha value is -3.23. The van der Waals surface area contributed by atoms with Gasteiger partial charge in [0.15, 0.2) is 5.78 Å². The van der Waals surface area contributed by atoms with E-state index in [1.165, 1.54) is 7.11 Å². The van der Waals surface area contributed by atoms with Crippen LogP contribution in [0.2, 0.25) is 0 Å². The van der Waals surface area contributed by atoms with Gasteiger partial charge in [-0.2, -0.15) is 0 Å². The number of hydrogen-bond donors (Lipinski definition) is 4. The fourth-order valence-electron chi connectivity index (χ4n) is 9.58. The molecule has 2 bridgehead atoms. The predicted molar refractivity (Wildman–Crippen MR) is 147 cm³/mol. The first kappa shape index (κ1) is 25.7. The summed E-state index contributed by atoms with van der Waals surface area (Å²) in [6.07, 6.45) is 6.05. The number of ether oxygens (including phenoxy) is 1. The lowest BCUT2D eigenvalue weighted by Gasteiger charge is -2.56. The molecule has 5 aliphatic rings. The predicted octanol–water partition coefficient (Wildman–Crippen LogP) is 2.99. The third-order valence-corrected chi connectivity index (χ3v) is 11.5. The van der Waals surface area contributed by atoms with Gasteiger partial charge in [-0.1, -0.05) is 43.4 Å². The summed E-state index contributed by atoms with van der Waals surface area (Å²) in [5.74, 6) is -2.30. The maximum Gasteiger partial charge on any atom is 0.328 e. The number of H-pyrrole nitrogens is 1. The van der Waals surface area contributed by atoms with Gasteiger partial charge in [-0.05, 0) is 60.6 Å². The number of aromatic nitrogens is 1. The number of rotatable bonds is 5. The second-order valence-electron chi connectivity index (χ2n) is 13.1. The summed E-state index contributed by atoms with van der Waals surface area (Å²) in [5, 5.41) is 26.1. The minimum absolute atomic E-state index is 0.0429. The molecule has 1 spiro atoms. The molecule has 8 nitrogen and oxygen atoms in total. The monoisotopic (exact) mass is 544 g/mol. The van der Waals surface area contributed by atoms with E-state index in [9.17, 15) is 24.6 Å². The van der Waals surface area contributed by atoms with Gasteiger partial charge in [0.1, 0.15) is 12.1 Å². The first-order chi connectivity index (χ1) is 19.0. The Morgan fingerprint density at radius 3 is 2.85 bits per heavy atom. The normalized spacial score (nSPS) is 40.0. The zero-order valence-corrected chi connectivity index (χ0v) is 22.9. The van der Waals surface area contributed by atoms with Crippen LogP contribution in [0, 0.1) is 34.5 Å². The second-order valence-corrected chi connectivity index (χ2v) is 13.1. The van der Waals surface area contributed by atoms with E-state index in [0.29, 0.717) is 25.7 Å². The van der Waals surface area contributed by atoms with Gasteiger partial charge in [-0.15, -0.1) is 0 Å². The Labute approximate surface area is 232 Å². The summed E-state index contributed by atoms with van der Waals surface area (Å²) in [7, 11) is 1.31. The molecule has 1 aromatic carbocycles. The van der Waals surface area contributed by atoms with Gasteiger partial charge >= 0.3 is 5.97 Å². The number of allylic oxidation sites excluding steroid dienone is 2. The molecular formula is C32H36N2O6. The molecule has 4 N–H and O–H groups in total. The highest BCUT2D eigenvalue weighted by atomic mass is 16.5. The lowest BCUT2D eigenvalue weighted by Crippen LogP contribution is -2.66. The highest BCUT2D eigenvalue weighted by molar-refractivity contribution is 5.98. The maximum atomic E-state index is 14.5. The van der Waals surface area contributed by atoms with Crippen LogP contribution in [0.1, 0.15) is 44.6 Å². The highest BCUT2D eigenvalue weighted by Gasteiger charge is 2.75. The molecule has 1 amide bonds. The van der Waals surface area contributed by atoms with Crippen molar-refractivity contribution in [2.75, 3.05) is 7.11 Å². The number of esters is 1. The zero-order chi connectivity index (χ0) is 28.2. The van der Waals surface area contributed by atoms with E-state index in [1.807, 2.05) is 37.4 Å². The third kappa shape index (κ3) is 3.12. The van der Waals surface area contributed by atoms with Crippen molar-refractivity contribution in [1.82, 2.24) is 10.3 Å². The zero-order valence-electron chi connectivity index (χ0n) is 22.9. The molecular weight excluding hydrogens is 508 g/mol. The van der Waals surface area contributed by atoms with Gasteiger partial charge in [0.05, 0.1) is 18.6 Å². The van der Waals surface area contributed by atoms with Crippen molar-refractivity contribution in [3.05, 3.63) is 59.8 Å². The van der Waals surface area contributed by atoms with Crippen LogP contribution >= 0.6 is 0 Å². The Morgan fingerprint density at radius 2 is 2.08 bits per heavy atom. The second kappa shape index (κ2) is 8.40. The highest BCUT2D eigenvalue weighted by Crippen LogP contribution is 2.75. The van der Waals surface area contributed by atoms with E-state index in [2.05, 4.69) is 23.0 Å². The number of ketones is 1. The van der Waals surface area contributed by atoms with Gasteiger partial charge in [-0.3, -0.25) is 9.59 Å². The average Bonchev–Trinajstić information content (AvgIpc) is 3.54. The first-order valence-electron chi connectivity index (χ1n) is 14.3. The molecule has 7 rings (SSSR count).